The van der Waals surface area contributed by atoms with Gasteiger partial charge in [-0.2, -0.15) is 0 Å². The van der Waals surface area contributed by atoms with Crippen LogP contribution in [0.4, 0.5) is 5.13 Å². The first-order valence-corrected chi connectivity index (χ1v) is 5.62. The fourth-order valence-electron chi connectivity index (χ4n) is 1.21. The summed E-state index contributed by atoms with van der Waals surface area (Å²) in [6, 6.07) is 0. The molecule has 0 saturated heterocycles. The van der Waals surface area contributed by atoms with E-state index in [2.05, 4.69) is 15.2 Å². The number of nitrogens with zero attached hydrogens (tertiary/aromatic N) is 4. The summed E-state index contributed by atoms with van der Waals surface area (Å²) in [6.45, 7) is 0.722. The molecule has 15 heavy (non-hydrogen) atoms. The average Bonchev–Trinajstić information content (AvgIpc) is 2.77. The summed E-state index contributed by atoms with van der Waals surface area (Å²) in [6.07, 6.45) is 3.71. The Bertz CT molecular complexity index is 497. The van der Waals surface area contributed by atoms with E-state index in [9.17, 15) is 0 Å². The number of aromatic amines is 1. The first-order valence-electron chi connectivity index (χ1n) is 4.39. The molecular weight excluding hydrogens is 230 g/mol. The van der Waals surface area contributed by atoms with E-state index in [1.54, 1.807) is 6.20 Å². The minimum Gasteiger partial charge on any atom is -0.342 e. The van der Waals surface area contributed by atoms with Crippen LogP contribution in [0.25, 0.3) is 0 Å². The molecule has 0 fully saturated rings. The van der Waals surface area contributed by atoms with Gasteiger partial charge in [0.25, 0.3) is 0 Å². The summed E-state index contributed by atoms with van der Waals surface area (Å²) in [4.78, 5) is 6.26. The number of nitrogens with one attached hydrogen (secondary N) is 1. The molecule has 0 aromatic carbocycles. The maximum absolute atomic E-state index is 4.98. The van der Waals surface area contributed by atoms with Gasteiger partial charge < -0.3 is 9.47 Å². The second-order valence-corrected chi connectivity index (χ2v) is 4.85. The van der Waals surface area contributed by atoms with Crippen LogP contribution >= 0.6 is 23.6 Å². The molecule has 2 heterocycles. The predicted octanol–water partition coefficient (Wildman–Crippen LogP) is 1.57. The van der Waals surface area contributed by atoms with E-state index in [1.165, 1.54) is 11.3 Å². The van der Waals surface area contributed by atoms with E-state index in [0.717, 1.165) is 17.5 Å². The van der Waals surface area contributed by atoms with Crippen molar-refractivity contribution in [1.29, 1.82) is 0 Å². The highest BCUT2D eigenvalue weighted by atomic mass is 32.1. The Morgan fingerprint density at radius 3 is 3.00 bits per heavy atom. The molecule has 2 aromatic rings. The monoisotopic (exact) mass is 241 g/mol. The topological polar surface area (TPSA) is 49.7 Å². The second-order valence-electron chi connectivity index (χ2n) is 3.21. The smallest absolute Gasteiger partial charge is 0.207 e. The van der Waals surface area contributed by atoms with E-state index in [4.69, 9.17) is 12.2 Å². The van der Waals surface area contributed by atoms with Crippen molar-refractivity contribution in [1.82, 2.24) is 19.7 Å². The SMILES string of the molecule is CN(Cc1nccn1C)c1n[nH]c(=S)s1. The van der Waals surface area contributed by atoms with Crippen molar-refractivity contribution in [3.05, 3.63) is 22.2 Å². The van der Waals surface area contributed by atoms with Gasteiger partial charge in [0.15, 0.2) is 3.95 Å². The molecule has 7 heteroatoms. The van der Waals surface area contributed by atoms with Crippen molar-refractivity contribution in [2.75, 3.05) is 11.9 Å². The van der Waals surface area contributed by atoms with Crippen molar-refractivity contribution >= 4 is 28.7 Å². The van der Waals surface area contributed by atoms with E-state index < -0.39 is 0 Å². The third kappa shape index (κ3) is 2.24. The van der Waals surface area contributed by atoms with Gasteiger partial charge in [-0.05, 0) is 12.2 Å². The summed E-state index contributed by atoms with van der Waals surface area (Å²) in [5.74, 6) is 0.999. The molecule has 0 saturated carbocycles. The van der Waals surface area contributed by atoms with Gasteiger partial charge in [-0.1, -0.05) is 11.3 Å². The van der Waals surface area contributed by atoms with Crippen molar-refractivity contribution in [3.63, 3.8) is 0 Å². The first-order chi connectivity index (χ1) is 7.16. The number of rotatable bonds is 3. The quantitative estimate of drug-likeness (QED) is 0.829. The number of anilines is 1. The van der Waals surface area contributed by atoms with Crippen LogP contribution in [0.15, 0.2) is 12.4 Å². The molecule has 0 aliphatic rings. The van der Waals surface area contributed by atoms with E-state index in [0.29, 0.717) is 3.95 Å². The van der Waals surface area contributed by atoms with Crippen LogP contribution in [-0.2, 0) is 13.6 Å². The maximum atomic E-state index is 4.98. The minimum atomic E-state index is 0.691. The third-order valence-corrected chi connectivity index (χ3v) is 3.26. The van der Waals surface area contributed by atoms with Crippen molar-refractivity contribution in [2.24, 2.45) is 7.05 Å². The Morgan fingerprint density at radius 1 is 1.67 bits per heavy atom. The number of hydrogen-bond donors (Lipinski definition) is 1. The highest BCUT2D eigenvalue weighted by molar-refractivity contribution is 7.73. The Labute approximate surface area is 96.4 Å². The molecule has 0 radical (unpaired) electrons. The lowest BCUT2D eigenvalue weighted by Crippen LogP contribution is -2.18. The zero-order valence-electron chi connectivity index (χ0n) is 8.47. The zero-order valence-corrected chi connectivity index (χ0v) is 10.1. The summed E-state index contributed by atoms with van der Waals surface area (Å²) in [7, 11) is 3.94. The molecular formula is C8H11N5S2. The number of aryl methyl sites for hydroxylation is 1. The van der Waals surface area contributed by atoms with Crippen LogP contribution in [0.2, 0.25) is 0 Å². The minimum absolute atomic E-state index is 0.691. The van der Waals surface area contributed by atoms with Gasteiger partial charge in [0, 0.05) is 26.5 Å². The van der Waals surface area contributed by atoms with Crippen LogP contribution in [0, 0.1) is 3.95 Å². The average molecular weight is 241 g/mol. The molecule has 0 atom stereocenters. The zero-order chi connectivity index (χ0) is 10.8. The number of hydrogen-bond acceptors (Lipinski definition) is 5. The molecule has 1 N–H and O–H groups in total. The largest absolute Gasteiger partial charge is 0.342 e. The van der Waals surface area contributed by atoms with E-state index in [-0.39, 0.29) is 0 Å². The van der Waals surface area contributed by atoms with E-state index in [1.807, 2.05) is 29.8 Å². The lowest BCUT2D eigenvalue weighted by atomic mass is 10.5. The highest BCUT2D eigenvalue weighted by Gasteiger charge is 2.08. The predicted molar refractivity (Wildman–Crippen MR) is 62.6 cm³/mol. The summed E-state index contributed by atoms with van der Waals surface area (Å²) in [5.41, 5.74) is 0. The lowest BCUT2D eigenvalue weighted by molar-refractivity contribution is 0.756. The second kappa shape index (κ2) is 4.11. The third-order valence-electron chi connectivity index (χ3n) is 2.05. The Hall–Kier alpha value is -1.21. The van der Waals surface area contributed by atoms with Crippen molar-refractivity contribution < 1.29 is 0 Å². The van der Waals surface area contributed by atoms with Gasteiger partial charge in [0.1, 0.15) is 5.82 Å². The maximum Gasteiger partial charge on any atom is 0.207 e. The molecule has 2 aromatic heterocycles. The van der Waals surface area contributed by atoms with Gasteiger partial charge in [-0.25, -0.2) is 4.98 Å². The number of imidazole rings is 1. The molecule has 2 rings (SSSR count). The Kier molecular flexibility index (Phi) is 2.83. The van der Waals surface area contributed by atoms with Crippen LogP contribution in [0.5, 0.6) is 0 Å². The fourth-order valence-corrected chi connectivity index (χ4v) is 2.05. The van der Waals surface area contributed by atoms with E-state index >= 15 is 0 Å². The molecule has 0 spiro atoms. The molecule has 0 bridgehead atoms. The Morgan fingerprint density at radius 2 is 2.47 bits per heavy atom. The summed E-state index contributed by atoms with van der Waals surface area (Å²) in [5, 5.41) is 7.74. The molecule has 5 nitrogen and oxygen atoms in total. The molecule has 0 aliphatic carbocycles. The summed E-state index contributed by atoms with van der Waals surface area (Å²) < 4.78 is 2.68. The first kappa shape index (κ1) is 10.3. The van der Waals surface area contributed by atoms with Gasteiger partial charge in [0.2, 0.25) is 5.13 Å². The normalized spacial score (nSPS) is 10.5. The van der Waals surface area contributed by atoms with Gasteiger partial charge in [0.05, 0.1) is 6.54 Å². The van der Waals surface area contributed by atoms with Gasteiger partial charge >= 0.3 is 0 Å². The standard InChI is InChI=1S/C8H11N5S2/c1-12-4-3-9-6(12)5-13(2)7-10-11-8(14)15-7/h3-4H,5H2,1-2H3,(H,11,14). The fraction of sp³-hybridized carbons (Fsp3) is 0.375. The molecule has 0 unspecified atom stereocenters. The number of aromatic nitrogens is 4. The molecule has 80 valence electrons. The van der Waals surface area contributed by atoms with Gasteiger partial charge in [-0.15, -0.1) is 5.10 Å². The van der Waals surface area contributed by atoms with Crippen molar-refractivity contribution in [2.45, 2.75) is 6.54 Å². The molecule has 0 aliphatic heterocycles. The van der Waals surface area contributed by atoms with Gasteiger partial charge in [-0.3, -0.25) is 5.10 Å². The molecule has 0 amide bonds. The Balaban J connectivity index is 2.13. The highest BCUT2D eigenvalue weighted by Crippen LogP contribution is 2.17. The van der Waals surface area contributed by atoms with Crippen LogP contribution < -0.4 is 4.90 Å². The van der Waals surface area contributed by atoms with Crippen LogP contribution in [0.1, 0.15) is 5.82 Å². The lowest BCUT2D eigenvalue weighted by Gasteiger charge is -2.14. The van der Waals surface area contributed by atoms with Crippen LogP contribution in [-0.4, -0.2) is 26.8 Å². The van der Waals surface area contributed by atoms with Crippen molar-refractivity contribution in [3.8, 4) is 0 Å². The summed E-state index contributed by atoms with van der Waals surface area (Å²) >= 11 is 6.44. The van der Waals surface area contributed by atoms with Crippen LogP contribution in [0.3, 0.4) is 0 Å². The number of H-pyrrole nitrogens is 1.